The first-order chi connectivity index (χ1) is 12.2. The smallest absolute Gasteiger partial charge is 0.263 e. The van der Waals surface area contributed by atoms with Gasteiger partial charge in [-0.2, -0.15) is 0 Å². The standard InChI is InChI=1S/C18H23N3O3S/c1-12-16(25-18(21-12)20-11-14-7-5-9-24-14)17(22)19-10-13-6-3-4-8-15(13)23-2/h3-4,6,8,14H,5,7,9-11H2,1-2H3,(H,19,22)(H,20,21). The Balaban J connectivity index is 1.58. The van der Waals surface area contributed by atoms with Crippen molar-refractivity contribution in [3.05, 3.63) is 40.4 Å². The highest BCUT2D eigenvalue weighted by Gasteiger charge is 2.18. The molecule has 1 aliphatic rings. The Bertz CT molecular complexity index is 726. The van der Waals surface area contributed by atoms with E-state index in [0.717, 1.165) is 48.1 Å². The minimum atomic E-state index is -0.119. The Hall–Kier alpha value is -2.12. The van der Waals surface area contributed by atoms with Gasteiger partial charge in [-0.25, -0.2) is 4.98 Å². The molecule has 1 atom stereocenters. The average Bonchev–Trinajstić information content (AvgIpc) is 3.27. The third-order valence-electron chi connectivity index (χ3n) is 4.14. The van der Waals surface area contributed by atoms with Gasteiger partial charge in [0.2, 0.25) is 0 Å². The van der Waals surface area contributed by atoms with Crippen molar-refractivity contribution in [2.75, 3.05) is 25.6 Å². The minimum absolute atomic E-state index is 0.119. The lowest BCUT2D eigenvalue weighted by molar-refractivity contribution is 0.0954. The molecule has 2 aromatic rings. The summed E-state index contributed by atoms with van der Waals surface area (Å²) in [5, 5.41) is 6.98. The summed E-state index contributed by atoms with van der Waals surface area (Å²) in [6.07, 6.45) is 2.43. The van der Waals surface area contributed by atoms with Crippen molar-refractivity contribution in [2.24, 2.45) is 0 Å². The zero-order valence-corrected chi connectivity index (χ0v) is 15.3. The second-order valence-electron chi connectivity index (χ2n) is 5.94. The second-order valence-corrected chi connectivity index (χ2v) is 6.94. The van der Waals surface area contributed by atoms with Crippen molar-refractivity contribution in [2.45, 2.75) is 32.4 Å². The molecule has 1 unspecified atom stereocenters. The lowest BCUT2D eigenvalue weighted by Gasteiger charge is -2.09. The molecule has 1 saturated heterocycles. The zero-order chi connectivity index (χ0) is 17.6. The Kier molecular flexibility index (Phi) is 5.88. The first-order valence-corrected chi connectivity index (χ1v) is 9.22. The molecule has 0 saturated carbocycles. The van der Waals surface area contributed by atoms with Gasteiger partial charge in [-0.05, 0) is 25.8 Å². The van der Waals surface area contributed by atoms with E-state index in [1.54, 1.807) is 7.11 Å². The number of hydrogen-bond acceptors (Lipinski definition) is 6. The van der Waals surface area contributed by atoms with E-state index in [9.17, 15) is 4.79 Å². The predicted molar refractivity (Wildman–Crippen MR) is 98.5 cm³/mol. The summed E-state index contributed by atoms with van der Waals surface area (Å²) in [4.78, 5) is 17.6. The zero-order valence-electron chi connectivity index (χ0n) is 14.5. The van der Waals surface area contributed by atoms with Crippen LogP contribution in [0.5, 0.6) is 5.75 Å². The van der Waals surface area contributed by atoms with E-state index in [4.69, 9.17) is 9.47 Å². The molecule has 0 radical (unpaired) electrons. The fourth-order valence-electron chi connectivity index (χ4n) is 2.79. The highest BCUT2D eigenvalue weighted by Crippen LogP contribution is 2.24. The quantitative estimate of drug-likeness (QED) is 0.793. The van der Waals surface area contributed by atoms with Crippen molar-refractivity contribution in [3.8, 4) is 5.75 Å². The summed E-state index contributed by atoms with van der Waals surface area (Å²) in [7, 11) is 1.63. The number of aryl methyl sites for hydroxylation is 1. The number of ether oxygens (including phenoxy) is 2. The molecule has 2 N–H and O–H groups in total. The highest BCUT2D eigenvalue weighted by molar-refractivity contribution is 7.17. The Labute approximate surface area is 151 Å². The van der Waals surface area contributed by atoms with Crippen LogP contribution in [0.2, 0.25) is 0 Å². The normalized spacial score (nSPS) is 16.6. The maximum absolute atomic E-state index is 12.5. The highest BCUT2D eigenvalue weighted by atomic mass is 32.1. The van der Waals surface area contributed by atoms with Crippen molar-refractivity contribution in [3.63, 3.8) is 0 Å². The van der Waals surface area contributed by atoms with Gasteiger partial charge in [0.25, 0.3) is 5.91 Å². The summed E-state index contributed by atoms with van der Waals surface area (Å²) >= 11 is 1.37. The lowest BCUT2D eigenvalue weighted by Crippen LogP contribution is -2.22. The molecular weight excluding hydrogens is 338 g/mol. The van der Waals surface area contributed by atoms with Gasteiger partial charge in [0.05, 0.1) is 18.9 Å². The number of aromatic nitrogens is 1. The first kappa shape index (κ1) is 17.7. The van der Waals surface area contributed by atoms with Gasteiger partial charge < -0.3 is 20.1 Å². The number of hydrogen-bond donors (Lipinski definition) is 2. The monoisotopic (exact) mass is 361 g/mol. The van der Waals surface area contributed by atoms with Crippen LogP contribution < -0.4 is 15.4 Å². The topological polar surface area (TPSA) is 72.5 Å². The van der Waals surface area contributed by atoms with Crippen LogP contribution in [0.1, 0.15) is 33.8 Å². The van der Waals surface area contributed by atoms with Crippen LogP contribution in [0, 0.1) is 6.92 Å². The van der Waals surface area contributed by atoms with Crippen LogP contribution in [-0.2, 0) is 11.3 Å². The van der Waals surface area contributed by atoms with E-state index in [1.807, 2.05) is 31.2 Å². The molecule has 1 aromatic heterocycles. The SMILES string of the molecule is COc1ccccc1CNC(=O)c1sc(NCC2CCCO2)nc1C. The molecule has 2 heterocycles. The number of rotatable bonds is 7. The molecule has 7 heteroatoms. The molecule has 1 aliphatic heterocycles. The number of nitrogens with zero attached hydrogens (tertiary/aromatic N) is 1. The van der Waals surface area contributed by atoms with Gasteiger partial charge in [-0.15, -0.1) is 0 Å². The van der Waals surface area contributed by atoms with Crippen molar-refractivity contribution >= 4 is 22.4 Å². The molecule has 6 nitrogen and oxygen atoms in total. The largest absolute Gasteiger partial charge is 0.496 e. The van der Waals surface area contributed by atoms with Crippen LogP contribution in [0.15, 0.2) is 24.3 Å². The molecule has 0 spiro atoms. The molecule has 1 amide bonds. The number of carbonyl (C=O) groups is 1. The summed E-state index contributed by atoms with van der Waals surface area (Å²) in [5.74, 6) is 0.647. The molecule has 3 rings (SSSR count). The Morgan fingerprint density at radius 2 is 2.28 bits per heavy atom. The van der Waals surface area contributed by atoms with E-state index in [0.29, 0.717) is 11.4 Å². The molecule has 25 heavy (non-hydrogen) atoms. The summed E-state index contributed by atoms with van der Waals surface area (Å²) in [6.45, 7) is 3.83. The number of benzene rings is 1. The number of anilines is 1. The molecule has 1 aromatic carbocycles. The van der Waals surface area contributed by atoms with E-state index >= 15 is 0 Å². The van der Waals surface area contributed by atoms with Crippen molar-refractivity contribution < 1.29 is 14.3 Å². The molecule has 1 fully saturated rings. The number of para-hydroxylation sites is 1. The Morgan fingerprint density at radius 1 is 1.44 bits per heavy atom. The fourth-order valence-corrected chi connectivity index (χ4v) is 3.68. The van der Waals surface area contributed by atoms with Crippen LogP contribution in [0.25, 0.3) is 0 Å². The Morgan fingerprint density at radius 3 is 3.04 bits per heavy atom. The summed E-state index contributed by atoms with van der Waals surface area (Å²) in [6, 6.07) is 7.65. The minimum Gasteiger partial charge on any atom is -0.496 e. The number of methoxy groups -OCH3 is 1. The second kappa shape index (κ2) is 8.31. The first-order valence-electron chi connectivity index (χ1n) is 8.40. The molecule has 0 aliphatic carbocycles. The number of thiazole rings is 1. The van der Waals surface area contributed by atoms with Gasteiger partial charge in [0.15, 0.2) is 5.13 Å². The maximum Gasteiger partial charge on any atom is 0.263 e. The van der Waals surface area contributed by atoms with Crippen LogP contribution in [0.3, 0.4) is 0 Å². The molecule has 0 bridgehead atoms. The van der Waals surface area contributed by atoms with Crippen LogP contribution in [-0.4, -0.2) is 37.3 Å². The van der Waals surface area contributed by atoms with Gasteiger partial charge in [0.1, 0.15) is 10.6 Å². The predicted octanol–water partition coefficient (Wildman–Crippen LogP) is 2.98. The summed E-state index contributed by atoms with van der Waals surface area (Å²) < 4.78 is 10.9. The molecule has 134 valence electrons. The lowest BCUT2D eigenvalue weighted by atomic mass is 10.2. The maximum atomic E-state index is 12.5. The van der Waals surface area contributed by atoms with E-state index in [-0.39, 0.29) is 12.0 Å². The fraction of sp³-hybridized carbons (Fsp3) is 0.444. The van der Waals surface area contributed by atoms with Crippen molar-refractivity contribution in [1.29, 1.82) is 0 Å². The molecular formula is C18H23N3O3S. The number of nitrogens with one attached hydrogen (secondary N) is 2. The average molecular weight is 361 g/mol. The van der Waals surface area contributed by atoms with Crippen LogP contribution in [0.4, 0.5) is 5.13 Å². The van der Waals surface area contributed by atoms with Gasteiger partial charge in [-0.1, -0.05) is 29.5 Å². The van der Waals surface area contributed by atoms with E-state index in [1.165, 1.54) is 11.3 Å². The van der Waals surface area contributed by atoms with Gasteiger partial charge in [-0.3, -0.25) is 4.79 Å². The van der Waals surface area contributed by atoms with Crippen molar-refractivity contribution in [1.82, 2.24) is 10.3 Å². The summed E-state index contributed by atoms with van der Waals surface area (Å²) in [5.41, 5.74) is 1.68. The third-order valence-corrected chi connectivity index (χ3v) is 5.25. The third kappa shape index (κ3) is 4.49. The van der Waals surface area contributed by atoms with E-state index in [2.05, 4.69) is 15.6 Å². The van der Waals surface area contributed by atoms with Crippen LogP contribution >= 0.6 is 11.3 Å². The number of carbonyl (C=O) groups excluding carboxylic acids is 1. The number of amides is 1. The van der Waals surface area contributed by atoms with Gasteiger partial charge in [0, 0.05) is 25.3 Å². The van der Waals surface area contributed by atoms with Gasteiger partial charge >= 0.3 is 0 Å². The van der Waals surface area contributed by atoms with E-state index < -0.39 is 0 Å².